The van der Waals surface area contributed by atoms with Crippen molar-refractivity contribution in [1.82, 2.24) is 9.88 Å². The number of nitrogens with one attached hydrogen (secondary N) is 1. The first kappa shape index (κ1) is 12.8. The third kappa shape index (κ3) is 2.79. The Morgan fingerprint density at radius 2 is 2.22 bits per heavy atom. The fraction of sp³-hybridized carbons (Fsp3) is 0.538. The molecule has 1 amide bonds. The summed E-state index contributed by atoms with van der Waals surface area (Å²) in [6.45, 7) is 3.90. The number of carbonyl (C=O) groups is 1. The van der Waals surface area contributed by atoms with Crippen LogP contribution < -0.4 is 11.3 Å². The summed E-state index contributed by atoms with van der Waals surface area (Å²) in [4.78, 5) is 18.2. The van der Waals surface area contributed by atoms with E-state index in [9.17, 15) is 4.79 Å². The molecule has 1 aliphatic rings. The van der Waals surface area contributed by atoms with E-state index in [1.807, 2.05) is 4.90 Å². The van der Waals surface area contributed by atoms with Gasteiger partial charge in [-0.05, 0) is 30.9 Å². The third-order valence-electron chi connectivity index (χ3n) is 3.63. The van der Waals surface area contributed by atoms with Gasteiger partial charge in [-0.15, -0.1) is 0 Å². The van der Waals surface area contributed by atoms with Gasteiger partial charge in [0, 0.05) is 13.1 Å². The Morgan fingerprint density at radius 1 is 1.50 bits per heavy atom. The van der Waals surface area contributed by atoms with Crippen molar-refractivity contribution < 1.29 is 4.79 Å². The highest BCUT2D eigenvalue weighted by atomic mass is 16.2. The second-order valence-electron chi connectivity index (χ2n) is 4.72. The van der Waals surface area contributed by atoms with E-state index in [2.05, 4.69) is 17.3 Å². The number of carbonyl (C=O) groups excluding carboxylic acids is 1. The molecule has 2 rings (SSSR count). The van der Waals surface area contributed by atoms with Crippen molar-refractivity contribution in [1.29, 1.82) is 0 Å². The molecule has 1 aliphatic heterocycles. The van der Waals surface area contributed by atoms with Crippen molar-refractivity contribution in [3.63, 3.8) is 0 Å². The van der Waals surface area contributed by atoms with E-state index in [0.717, 1.165) is 31.8 Å². The minimum Gasteiger partial charge on any atom is -0.337 e. The highest BCUT2D eigenvalue weighted by Crippen LogP contribution is 2.21. The van der Waals surface area contributed by atoms with Crippen molar-refractivity contribution in [2.45, 2.75) is 26.2 Å². The molecule has 0 bridgehead atoms. The van der Waals surface area contributed by atoms with Gasteiger partial charge < -0.3 is 10.3 Å². The molecule has 1 fully saturated rings. The fourth-order valence-corrected chi connectivity index (χ4v) is 2.31. The Bertz CT molecular complexity index is 396. The van der Waals surface area contributed by atoms with Crippen LogP contribution in [0.3, 0.4) is 0 Å². The second kappa shape index (κ2) is 5.82. The maximum absolute atomic E-state index is 12.2. The predicted molar refractivity (Wildman–Crippen MR) is 71.0 cm³/mol. The van der Waals surface area contributed by atoms with Gasteiger partial charge in [0.25, 0.3) is 5.91 Å². The summed E-state index contributed by atoms with van der Waals surface area (Å²) in [5, 5.41) is 0. The topological polar surface area (TPSA) is 71.2 Å². The quantitative estimate of drug-likeness (QED) is 0.630. The molecule has 0 unspecified atom stereocenters. The van der Waals surface area contributed by atoms with Crippen LogP contribution in [0.1, 0.15) is 36.7 Å². The molecule has 0 aromatic carbocycles. The van der Waals surface area contributed by atoms with Crippen molar-refractivity contribution in [2.24, 2.45) is 11.8 Å². The summed E-state index contributed by atoms with van der Waals surface area (Å²) in [5.74, 6) is 6.05. The molecule has 5 heteroatoms. The number of piperidine rings is 1. The summed E-state index contributed by atoms with van der Waals surface area (Å²) >= 11 is 0. The van der Waals surface area contributed by atoms with Crippen LogP contribution in [-0.4, -0.2) is 28.9 Å². The summed E-state index contributed by atoms with van der Waals surface area (Å²) in [6.07, 6.45) is 4.98. The number of hydrogen-bond donors (Lipinski definition) is 2. The monoisotopic (exact) mass is 248 g/mol. The molecular weight excluding hydrogens is 228 g/mol. The second-order valence-corrected chi connectivity index (χ2v) is 4.72. The van der Waals surface area contributed by atoms with Crippen molar-refractivity contribution >= 4 is 11.6 Å². The number of nitrogen functional groups attached to an aromatic ring is 1. The van der Waals surface area contributed by atoms with Gasteiger partial charge in [0.1, 0.15) is 5.69 Å². The Kier molecular flexibility index (Phi) is 4.15. The van der Waals surface area contributed by atoms with Crippen LogP contribution in [0.2, 0.25) is 0 Å². The zero-order valence-electron chi connectivity index (χ0n) is 10.7. The molecule has 0 atom stereocenters. The molecule has 18 heavy (non-hydrogen) atoms. The van der Waals surface area contributed by atoms with Crippen molar-refractivity contribution in [3.05, 3.63) is 24.0 Å². The van der Waals surface area contributed by atoms with Crippen molar-refractivity contribution in [2.75, 3.05) is 18.5 Å². The molecule has 5 nitrogen and oxygen atoms in total. The van der Waals surface area contributed by atoms with Crippen LogP contribution in [0.4, 0.5) is 5.69 Å². The SMILES string of the molecule is CCC1CCN(C(=O)c2ccc(NN)cn2)CC1. The maximum atomic E-state index is 12.2. The normalized spacial score (nSPS) is 16.7. The highest BCUT2D eigenvalue weighted by Gasteiger charge is 2.23. The van der Waals surface area contributed by atoms with Gasteiger partial charge in [0.2, 0.25) is 0 Å². The Morgan fingerprint density at radius 3 is 2.72 bits per heavy atom. The molecular formula is C13H20N4O. The summed E-state index contributed by atoms with van der Waals surface area (Å²) in [6, 6.07) is 3.47. The Hall–Kier alpha value is -1.62. The zero-order valence-corrected chi connectivity index (χ0v) is 10.7. The average molecular weight is 248 g/mol. The van der Waals surface area contributed by atoms with Gasteiger partial charge in [-0.1, -0.05) is 13.3 Å². The van der Waals surface area contributed by atoms with Crippen molar-refractivity contribution in [3.8, 4) is 0 Å². The zero-order chi connectivity index (χ0) is 13.0. The van der Waals surface area contributed by atoms with Crippen LogP contribution in [0.25, 0.3) is 0 Å². The molecule has 1 saturated heterocycles. The van der Waals surface area contributed by atoms with Gasteiger partial charge in [-0.2, -0.15) is 0 Å². The molecule has 1 aromatic heterocycles. The van der Waals surface area contributed by atoms with Crippen LogP contribution >= 0.6 is 0 Å². The van der Waals surface area contributed by atoms with E-state index in [0.29, 0.717) is 11.4 Å². The van der Waals surface area contributed by atoms with Gasteiger partial charge in [0.15, 0.2) is 0 Å². The molecule has 0 radical (unpaired) electrons. The lowest BCUT2D eigenvalue weighted by molar-refractivity contribution is 0.0683. The van der Waals surface area contributed by atoms with Gasteiger partial charge in [-0.3, -0.25) is 10.6 Å². The van der Waals surface area contributed by atoms with Gasteiger partial charge in [-0.25, -0.2) is 4.98 Å². The number of likely N-dealkylation sites (tertiary alicyclic amines) is 1. The lowest BCUT2D eigenvalue weighted by Crippen LogP contribution is -2.38. The largest absolute Gasteiger partial charge is 0.337 e. The van der Waals surface area contributed by atoms with E-state index >= 15 is 0 Å². The molecule has 98 valence electrons. The highest BCUT2D eigenvalue weighted by molar-refractivity contribution is 5.92. The Labute approximate surface area is 107 Å². The number of amides is 1. The minimum absolute atomic E-state index is 0.0214. The molecule has 2 heterocycles. The van der Waals surface area contributed by atoms with E-state index in [4.69, 9.17) is 5.84 Å². The number of nitrogens with two attached hydrogens (primary N) is 1. The number of rotatable bonds is 3. The lowest BCUT2D eigenvalue weighted by Gasteiger charge is -2.31. The summed E-state index contributed by atoms with van der Waals surface area (Å²) in [5.41, 5.74) is 3.69. The number of hydrazine groups is 1. The smallest absolute Gasteiger partial charge is 0.272 e. The van der Waals surface area contributed by atoms with Crippen LogP contribution in [0, 0.1) is 5.92 Å². The first-order valence-corrected chi connectivity index (χ1v) is 6.46. The van der Waals surface area contributed by atoms with E-state index in [-0.39, 0.29) is 5.91 Å². The van der Waals surface area contributed by atoms with E-state index < -0.39 is 0 Å². The molecule has 3 N–H and O–H groups in total. The molecule has 1 aromatic rings. The maximum Gasteiger partial charge on any atom is 0.272 e. The van der Waals surface area contributed by atoms with E-state index in [1.54, 1.807) is 18.3 Å². The third-order valence-corrected chi connectivity index (χ3v) is 3.63. The Balaban J connectivity index is 1.98. The minimum atomic E-state index is 0.0214. The van der Waals surface area contributed by atoms with Crippen LogP contribution in [-0.2, 0) is 0 Å². The summed E-state index contributed by atoms with van der Waals surface area (Å²) in [7, 11) is 0. The average Bonchev–Trinajstić information content (AvgIpc) is 2.47. The fourth-order valence-electron chi connectivity index (χ4n) is 2.31. The standard InChI is InChI=1S/C13H20N4O/c1-2-10-5-7-17(8-6-10)13(18)12-4-3-11(16-14)9-15-12/h3-4,9-10,16H,2,5-8,14H2,1H3. The first-order valence-electron chi connectivity index (χ1n) is 6.46. The summed E-state index contributed by atoms with van der Waals surface area (Å²) < 4.78 is 0. The predicted octanol–water partition coefficient (Wildman–Crippen LogP) is 1.63. The number of aromatic nitrogens is 1. The number of pyridine rings is 1. The van der Waals surface area contributed by atoms with Crippen LogP contribution in [0.5, 0.6) is 0 Å². The number of hydrogen-bond acceptors (Lipinski definition) is 4. The van der Waals surface area contributed by atoms with E-state index in [1.165, 1.54) is 6.42 Å². The van der Waals surface area contributed by atoms with Gasteiger partial charge >= 0.3 is 0 Å². The van der Waals surface area contributed by atoms with Crippen LogP contribution in [0.15, 0.2) is 18.3 Å². The number of anilines is 1. The lowest BCUT2D eigenvalue weighted by atomic mass is 9.94. The molecule has 0 aliphatic carbocycles. The van der Waals surface area contributed by atoms with Gasteiger partial charge in [0.05, 0.1) is 11.9 Å². The molecule has 0 saturated carbocycles. The first-order chi connectivity index (χ1) is 8.74. The molecule has 0 spiro atoms. The number of nitrogens with zero attached hydrogens (tertiary/aromatic N) is 2.